The zero-order valence-corrected chi connectivity index (χ0v) is 7.22. The average molecular weight is 154 g/mol. The molecule has 0 unspecified atom stereocenters. The first-order valence-electron chi connectivity index (χ1n) is 3.72. The quantitative estimate of drug-likeness (QED) is 0.702. The lowest BCUT2D eigenvalue weighted by atomic mass is 10.1. The van der Waals surface area contributed by atoms with Crippen molar-refractivity contribution in [2.24, 2.45) is 0 Å². The molecule has 0 atom stereocenters. The fourth-order valence-electron chi connectivity index (χ4n) is 0.686. The van der Waals surface area contributed by atoms with Crippen LogP contribution in [0.3, 0.4) is 0 Å². The highest BCUT2D eigenvalue weighted by atomic mass is 16.5. The number of hydrogen-bond donors (Lipinski definition) is 1. The monoisotopic (exact) mass is 154 g/mol. The maximum Gasteiger partial charge on any atom is 0.150 e. The largest absolute Gasteiger partial charge is 0.360 e. The highest BCUT2D eigenvalue weighted by Gasteiger charge is 2.08. The van der Waals surface area contributed by atoms with Gasteiger partial charge in [0.2, 0.25) is 0 Å². The summed E-state index contributed by atoms with van der Waals surface area (Å²) in [6.45, 7) is 7.08. The van der Waals surface area contributed by atoms with Gasteiger partial charge in [-0.25, -0.2) is 0 Å². The molecular weight excluding hydrogens is 140 g/mol. The molecular formula is C8H14N2O. The van der Waals surface area contributed by atoms with Crippen LogP contribution in [0.5, 0.6) is 0 Å². The van der Waals surface area contributed by atoms with Crippen LogP contribution in [-0.4, -0.2) is 10.7 Å². The molecule has 0 aromatic carbocycles. The van der Waals surface area contributed by atoms with E-state index in [4.69, 9.17) is 4.52 Å². The molecule has 1 aromatic heterocycles. The molecule has 0 aliphatic rings. The van der Waals surface area contributed by atoms with E-state index in [1.54, 1.807) is 6.20 Å². The second-order valence-corrected chi connectivity index (χ2v) is 3.58. The third-order valence-corrected chi connectivity index (χ3v) is 1.28. The van der Waals surface area contributed by atoms with Gasteiger partial charge in [-0.3, -0.25) is 0 Å². The lowest BCUT2D eigenvalue weighted by molar-refractivity contribution is 0.342. The maximum atomic E-state index is 4.92. The molecule has 1 rings (SSSR count). The van der Waals surface area contributed by atoms with E-state index in [0.717, 1.165) is 12.3 Å². The van der Waals surface area contributed by atoms with E-state index in [-0.39, 0.29) is 5.54 Å². The summed E-state index contributed by atoms with van der Waals surface area (Å²) in [5, 5.41) is 6.90. The van der Waals surface area contributed by atoms with E-state index in [0.29, 0.717) is 0 Å². The molecule has 0 aliphatic carbocycles. The van der Waals surface area contributed by atoms with Crippen LogP contribution in [0.1, 0.15) is 26.5 Å². The van der Waals surface area contributed by atoms with Gasteiger partial charge in [0, 0.05) is 11.6 Å². The van der Waals surface area contributed by atoms with Gasteiger partial charge in [0.25, 0.3) is 0 Å². The summed E-state index contributed by atoms with van der Waals surface area (Å²) in [7, 11) is 0. The molecule has 0 aliphatic heterocycles. The van der Waals surface area contributed by atoms with Crippen molar-refractivity contribution < 1.29 is 4.52 Å². The Morgan fingerprint density at radius 1 is 1.55 bits per heavy atom. The van der Waals surface area contributed by atoms with Gasteiger partial charge in [0.1, 0.15) is 5.76 Å². The first-order chi connectivity index (χ1) is 5.08. The SMILES string of the molecule is CC(C)(C)NCc1ccno1. The van der Waals surface area contributed by atoms with E-state index >= 15 is 0 Å². The van der Waals surface area contributed by atoms with Crippen molar-refractivity contribution >= 4 is 0 Å². The first kappa shape index (κ1) is 8.27. The van der Waals surface area contributed by atoms with E-state index in [1.807, 2.05) is 6.07 Å². The molecule has 0 bridgehead atoms. The zero-order chi connectivity index (χ0) is 8.32. The maximum absolute atomic E-state index is 4.92. The summed E-state index contributed by atoms with van der Waals surface area (Å²) in [6.07, 6.45) is 1.65. The summed E-state index contributed by atoms with van der Waals surface area (Å²) in [5.41, 5.74) is 0.132. The second-order valence-electron chi connectivity index (χ2n) is 3.58. The molecule has 1 aromatic rings. The Bertz CT molecular complexity index is 198. The van der Waals surface area contributed by atoms with E-state index in [2.05, 4.69) is 31.2 Å². The molecule has 0 saturated heterocycles. The fraction of sp³-hybridized carbons (Fsp3) is 0.625. The molecule has 0 saturated carbocycles. The fourth-order valence-corrected chi connectivity index (χ4v) is 0.686. The molecule has 11 heavy (non-hydrogen) atoms. The normalized spacial score (nSPS) is 11.9. The summed E-state index contributed by atoms with van der Waals surface area (Å²) in [5.74, 6) is 0.875. The summed E-state index contributed by atoms with van der Waals surface area (Å²) < 4.78 is 4.92. The Morgan fingerprint density at radius 2 is 2.27 bits per heavy atom. The van der Waals surface area contributed by atoms with Crippen molar-refractivity contribution in [3.63, 3.8) is 0 Å². The van der Waals surface area contributed by atoms with Gasteiger partial charge >= 0.3 is 0 Å². The molecule has 0 spiro atoms. The molecule has 1 N–H and O–H groups in total. The lowest BCUT2D eigenvalue weighted by Gasteiger charge is -2.18. The van der Waals surface area contributed by atoms with Crippen molar-refractivity contribution in [1.29, 1.82) is 0 Å². The van der Waals surface area contributed by atoms with E-state index in [1.165, 1.54) is 0 Å². The molecule has 3 heteroatoms. The van der Waals surface area contributed by atoms with Crippen LogP contribution >= 0.6 is 0 Å². The summed E-state index contributed by atoms with van der Waals surface area (Å²) in [4.78, 5) is 0. The van der Waals surface area contributed by atoms with Crippen molar-refractivity contribution in [2.45, 2.75) is 32.9 Å². The van der Waals surface area contributed by atoms with Crippen LogP contribution in [-0.2, 0) is 6.54 Å². The number of hydrogen-bond acceptors (Lipinski definition) is 3. The summed E-state index contributed by atoms with van der Waals surface area (Å²) >= 11 is 0. The van der Waals surface area contributed by atoms with Crippen LogP contribution in [0.4, 0.5) is 0 Å². The highest BCUT2D eigenvalue weighted by molar-refractivity contribution is 4.93. The van der Waals surface area contributed by atoms with Crippen molar-refractivity contribution in [1.82, 2.24) is 10.5 Å². The standard InChI is InChI=1S/C8H14N2O/c1-8(2,3)9-6-7-4-5-10-11-7/h4-5,9H,6H2,1-3H3. The van der Waals surface area contributed by atoms with E-state index < -0.39 is 0 Å². The summed E-state index contributed by atoms with van der Waals surface area (Å²) in [6, 6.07) is 1.86. The van der Waals surface area contributed by atoms with Crippen LogP contribution in [0.2, 0.25) is 0 Å². The molecule has 3 nitrogen and oxygen atoms in total. The number of nitrogens with one attached hydrogen (secondary N) is 1. The average Bonchev–Trinajstić information content (AvgIpc) is 2.32. The van der Waals surface area contributed by atoms with Crippen molar-refractivity contribution in [3.05, 3.63) is 18.0 Å². The first-order valence-corrected chi connectivity index (χ1v) is 3.72. The minimum absolute atomic E-state index is 0.132. The lowest BCUT2D eigenvalue weighted by Crippen LogP contribution is -2.34. The van der Waals surface area contributed by atoms with Gasteiger partial charge < -0.3 is 9.84 Å². The van der Waals surface area contributed by atoms with Gasteiger partial charge in [0.05, 0.1) is 12.7 Å². The number of rotatable bonds is 2. The Hall–Kier alpha value is -0.830. The van der Waals surface area contributed by atoms with Gasteiger partial charge in [-0.2, -0.15) is 0 Å². The van der Waals surface area contributed by atoms with Gasteiger partial charge in [-0.05, 0) is 20.8 Å². The molecule has 0 fully saturated rings. The predicted octanol–water partition coefficient (Wildman–Crippen LogP) is 1.56. The Morgan fingerprint density at radius 3 is 2.73 bits per heavy atom. The van der Waals surface area contributed by atoms with Crippen LogP contribution in [0, 0.1) is 0 Å². The minimum Gasteiger partial charge on any atom is -0.360 e. The van der Waals surface area contributed by atoms with Crippen LogP contribution in [0.15, 0.2) is 16.8 Å². The van der Waals surface area contributed by atoms with E-state index in [9.17, 15) is 0 Å². The van der Waals surface area contributed by atoms with Gasteiger partial charge in [0.15, 0.2) is 0 Å². The smallest absolute Gasteiger partial charge is 0.150 e. The molecule has 62 valence electrons. The Balaban J connectivity index is 2.35. The number of aromatic nitrogens is 1. The second kappa shape index (κ2) is 3.05. The van der Waals surface area contributed by atoms with Crippen molar-refractivity contribution in [2.75, 3.05) is 0 Å². The van der Waals surface area contributed by atoms with Gasteiger partial charge in [-0.1, -0.05) is 5.16 Å². The predicted molar refractivity (Wildman–Crippen MR) is 43.1 cm³/mol. The highest BCUT2D eigenvalue weighted by Crippen LogP contribution is 2.02. The Labute approximate surface area is 66.8 Å². The Kier molecular flexibility index (Phi) is 2.29. The van der Waals surface area contributed by atoms with Gasteiger partial charge in [-0.15, -0.1) is 0 Å². The number of nitrogens with zero attached hydrogens (tertiary/aromatic N) is 1. The third kappa shape index (κ3) is 3.18. The van der Waals surface area contributed by atoms with Crippen LogP contribution < -0.4 is 5.32 Å². The topological polar surface area (TPSA) is 38.1 Å². The molecule has 0 radical (unpaired) electrons. The van der Waals surface area contributed by atoms with Crippen LogP contribution in [0.25, 0.3) is 0 Å². The van der Waals surface area contributed by atoms with Crippen molar-refractivity contribution in [3.8, 4) is 0 Å². The zero-order valence-electron chi connectivity index (χ0n) is 7.22. The molecule has 1 heterocycles. The minimum atomic E-state index is 0.132. The third-order valence-electron chi connectivity index (χ3n) is 1.28. The molecule has 0 amide bonds.